The standard InChI is InChI=1S/C14H17N5OS/c1-9-13(21-10(2)17-9)14(20)18-11-7-12(16-8-15-11)19-5-3-4-6-19/h7-8H,3-6H2,1-2H3,(H,15,16,18,20). The quantitative estimate of drug-likeness (QED) is 0.942. The Labute approximate surface area is 127 Å². The Morgan fingerprint density at radius 3 is 2.71 bits per heavy atom. The van der Waals surface area contributed by atoms with Crippen molar-refractivity contribution in [2.45, 2.75) is 26.7 Å². The minimum atomic E-state index is -0.163. The van der Waals surface area contributed by atoms with Gasteiger partial charge in [0.2, 0.25) is 0 Å². The molecule has 0 spiro atoms. The van der Waals surface area contributed by atoms with Crippen molar-refractivity contribution in [1.29, 1.82) is 0 Å². The van der Waals surface area contributed by atoms with E-state index in [9.17, 15) is 4.79 Å². The van der Waals surface area contributed by atoms with E-state index in [4.69, 9.17) is 0 Å². The molecule has 0 atom stereocenters. The van der Waals surface area contributed by atoms with E-state index < -0.39 is 0 Å². The van der Waals surface area contributed by atoms with E-state index in [2.05, 4.69) is 25.2 Å². The number of rotatable bonds is 3. The second-order valence-electron chi connectivity index (χ2n) is 5.06. The zero-order chi connectivity index (χ0) is 14.8. The summed E-state index contributed by atoms with van der Waals surface area (Å²) in [4.78, 5) is 27.8. The molecule has 1 N–H and O–H groups in total. The number of aromatic nitrogens is 3. The largest absolute Gasteiger partial charge is 0.356 e. The smallest absolute Gasteiger partial charge is 0.268 e. The lowest BCUT2D eigenvalue weighted by Gasteiger charge is -2.16. The lowest BCUT2D eigenvalue weighted by molar-refractivity contribution is 0.102. The summed E-state index contributed by atoms with van der Waals surface area (Å²) >= 11 is 1.39. The predicted octanol–water partition coefficient (Wildman–Crippen LogP) is 2.40. The number of amides is 1. The number of hydrogen-bond donors (Lipinski definition) is 1. The SMILES string of the molecule is Cc1nc(C)c(C(=O)Nc2cc(N3CCCC3)ncn2)s1. The summed E-state index contributed by atoms with van der Waals surface area (Å²) < 4.78 is 0. The molecule has 6 nitrogen and oxygen atoms in total. The number of nitrogens with one attached hydrogen (secondary N) is 1. The van der Waals surface area contributed by atoms with Crippen LogP contribution in [0.15, 0.2) is 12.4 Å². The summed E-state index contributed by atoms with van der Waals surface area (Å²) in [6.45, 7) is 5.76. The summed E-state index contributed by atoms with van der Waals surface area (Å²) in [5, 5.41) is 3.72. The minimum Gasteiger partial charge on any atom is -0.356 e. The van der Waals surface area contributed by atoms with Gasteiger partial charge in [-0.1, -0.05) is 0 Å². The first kappa shape index (κ1) is 13.9. The number of carbonyl (C=O) groups excluding carboxylic acids is 1. The third-order valence-corrected chi connectivity index (χ3v) is 4.51. The average Bonchev–Trinajstić information content (AvgIpc) is 3.08. The van der Waals surface area contributed by atoms with Crippen molar-refractivity contribution in [3.05, 3.63) is 28.0 Å². The monoisotopic (exact) mass is 303 g/mol. The summed E-state index contributed by atoms with van der Waals surface area (Å²) in [6.07, 6.45) is 3.87. The van der Waals surface area contributed by atoms with Crippen LogP contribution in [0.3, 0.4) is 0 Å². The Balaban J connectivity index is 1.77. The number of hydrogen-bond acceptors (Lipinski definition) is 6. The number of thiazole rings is 1. The summed E-state index contributed by atoms with van der Waals surface area (Å²) in [5.74, 6) is 1.24. The number of aryl methyl sites for hydroxylation is 2. The molecule has 21 heavy (non-hydrogen) atoms. The van der Waals surface area contributed by atoms with Gasteiger partial charge in [-0.25, -0.2) is 15.0 Å². The molecule has 1 fully saturated rings. The van der Waals surface area contributed by atoms with Gasteiger partial charge in [0.15, 0.2) is 0 Å². The fourth-order valence-electron chi connectivity index (χ4n) is 2.45. The fourth-order valence-corrected chi connectivity index (χ4v) is 3.26. The van der Waals surface area contributed by atoms with Crippen molar-refractivity contribution in [3.63, 3.8) is 0 Å². The zero-order valence-corrected chi connectivity index (χ0v) is 12.9. The first-order chi connectivity index (χ1) is 10.1. The Kier molecular flexibility index (Phi) is 3.83. The van der Waals surface area contributed by atoms with Crippen molar-refractivity contribution >= 4 is 28.9 Å². The highest BCUT2D eigenvalue weighted by Gasteiger charge is 2.17. The van der Waals surface area contributed by atoms with E-state index in [0.717, 1.165) is 29.6 Å². The maximum atomic E-state index is 12.3. The fraction of sp³-hybridized carbons (Fsp3) is 0.429. The van der Waals surface area contributed by atoms with Crippen LogP contribution in [-0.2, 0) is 0 Å². The van der Waals surface area contributed by atoms with E-state index in [1.54, 1.807) is 0 Å². The van der Waals surface area contributed by atoms with Crippen LogP contribution in [0, 0.1) is 13.8 Å². The van der Waals surface area contributed by atoms with Crippen LogP contribution in [0.1, 0.15) is 33.2 Å². The van der Waals surface area contributed by atoms with E-state index in [-0.39, 0.29) is 5.91 Å². The molecular formula is C14H17N5OS. The molecule has 0 unspecified atom stereocenters. The molecule has 2 aromatic rings. The molecule has 1 aliphatic heterocycles. The van der Waals surface area contributed by atoms with Crippen LogP contribution < -0.4 is 10.2 Å². The van der Waals surface area contributed by atoms with Gasteiger partial charge in [-0.05, 0) is 26.7 Å². The molecule has 3 heterocycles. The lowest BCUT2D eigenvalue weighted by Crippen LogP contribution is -2.20. The predicted molar refractivity (Wildman–Crippen MR) is 83.0 cm³/mol. The normalized spacial score (nSPS) is 14.5. The van der Waals surface area contributed by atoms with Crippen LogP contribution in [0.5, 0.6) is 0 Å². The van der Waals surface area contributed by atoms with Crippen molar-refractivity contribution in [2.24, 2.45) is 0 Å². The molecule has 0 aliphatic carbocycles. The topological polar surface area (TPSA) is 71.0 Å². The Morgan fingerprint density at radius 1 is 1.29 bits per heavy atom. The maximum Gasteiger partial charge on any atom is 0.268 e. The van der Waals surface area contributed by atoms with Gasteiger partial charge >= 0.3 is 0 Å². The molecule has 110 valence electrons. The van der Waals surface area contributed by atoms with E-state index in [0.29, 0.717) is 10.7 Å². The molecule has 1 aliphatic rings. The summed E-state index contributed by atoms with van der Waals surface area (Å²) in [6, 6.07) is 1.83. The van der Waals surface area contributed by atoms with Gasteiger partial charge in [0.05, 0.1) is 10.7 Å². The number of anilines is 2. The Morgan fingerprint density at radius 2 is 2.05 bits per heavy atom. The summed E-state index contributed by atoms with van der Waals surface area (Å²) in [5.41, 5.74) is 0.754. The Hall–Kier alpha value is -2.02. The van der Waals surface area contributed by atoms with Crippen molar-refractivity contribution < 1.29 is 4.79 Å². The molecule has 0 radical (unpaired) electrons. The van der Waals surface area contributed by atoms with Gasteiger partial charge in [0.1, 0.15) is 22.8 Å². The Bertz CT molecular complexity index is 663. The van der Waals surface area contributed by atoms with E-state index in [1.165, 1.54) is 30.5 Å². The highest BCUT2D eigenvalue weighted by molar-refractivity contribution is 7.13. The second-order valence-corrected chi connectivity index (χ2v) is 6.26. The third-order valence-electron chi connectivity index (χ3n) is 3.43. The van der Waals surface area contributed by atoms with E-state index >= 15 is 0 Å². The molecule has 0 aromatic carbocycles. The van der Waals surface area contributed by atoms with Gasteiger partial charge in [-0.2, -0.15) is 0 Å². The molecule has 0 saturated carbocycles. The van der Waals surface area contributed by atoms with Crippen LogP contribution in [-0.4, -0.2) is 33.9 Å². The third kappa shape index (κ3) is 3.02. The van der Waals surface area contributed by atoms with Gasteiger partial charge in [0, 0.05) is 19.2 Å². The first-order valence-electron chi connectivity index (χ1n) is 6.96. The number of carbonyl (C=O) groups is 1. The van der Waals surface area contributed by atoms with Crippen LogP contribution in [0.4, 0.5) is 11.6 Å². The second kappa shape index (κ2) is 5.77. The lowest BCUT2D eigenvalue weighted by atomic mass is 10.3. The molecule has 7 heteroatoms. The molecule has 1 amide bonds. The molecule has 2 aromatic heterocycles. The minimum absolute atomic E-state index is 0.163. The van der Waals surface area contributed by atoms with Gasteiger partial charge in [0.25, 0.3) is 5.91 Å². The molecule has 3 rings (SSSR count). The van der Waals surface area contributed by atoms with Gasteiger partial charge < -0.3 is 10.2 Å². The zero-order valence-electron chi connectivity index (χ0n) is 12.1. The van der Waals surface area contributed by atoms with Gasteiger partial charge in [-0.3, -0.25) is 4.79 Å². The maximum absolute atomic E-state index is 12.3. The van der Waals surface area contributed by atoms with Crippen molar-refractivity contribution in [2.75, 3.05) is 23.3 Å². The average molecular weight is 303 g/mol. The highest BCUT2D eigenvalue weighted by atomic mass is 32.1. The highest BCUT2D eigenvalue weighted by Crippen LogP contribution is 2.21. The van der Waals surface area contributed by atoms with Crippen molar-refractivity contribution in [1.82, 2.24) is 15.0 Å². The van der Waals surface area contributed by atoms with E-state index in [1.807, 2.05) is 19.9 Å². The van der Waals surface area contributed by atoms with Gasteiger partial charge in [-0.15, -0.1) is 11.3 Å². The summed E-state index contributed by atoms with van der Waals surface area (Å²) in [7, 11) is 0. The van der Waals surface area contributed by atoms with Crippen LogP contribution in [0.2, 0.25) is 0 Å². The van der Waals surface area contributed by atoms with Crippen LogP contribution in [0.25, 0.3) is 0 Å². The molecule has 0 bridgehead atoms. The van der Waals surface area contributed by atoms with Crippen LogP contribution >= 0.6 is 11.3 Å². The molecular weight excluding hydrogens is 286 g/mol. The molecule has 1 saturated heterocycles. The van der Waals surface area contributed by atoms with Crippen molar-refractivity contribution in [3.8, 4) is 0 Å². The number of nitrogens with zero attached hydrogens (tertiary/aromatic N) is 4. The first-order valence-corrected chi connectivity index (χ1v) is 7.77.